The number of unbranched alkanes of at least 4 members (excludes halogenated alkanes) is 2. The third-order valence-corrected chi connectivity index (χ3v) is 3.26. The molecule has 0 saturated heterocycles. The first-order chi connectivity index (χ1) is 9.47. The Morgan fingerprint density at radius 1 is 1.40 bits per heavy atom. The van der Waals surface area contributed by atoms with Crippen LogP contribution < -0.4 is 5.32 Å². The van der Waals surface area contributed by atoms with Gasteiger partial charge in [0, 0.05) is 24.6 Å². The van der Waals surface area contributed by atoms with Crippen molar-refractivity contribution in [2.45, 2.75) is 19.3 Å². The Morgan fingerprint density at radius 3 is 2.70 bits per heavy atom. The van der Waals surface area contributed by atoms with Crippen LogP contribution in [0.5, 0.6) is 0 Å². The molecule has 0 heterocycles. The molecular weight excluding hydrogens is 305 g/mol. The zero-order valence-corrected chi connectivity index (χ0v) is 11.9. The molecule has 0 aromatic heterocycles. The van der Waals surface area contributed by atoms with E-state index >= 15 is 0 Å². The summed E-state index contributed by atoms with van der Waals surface area (Å²) in [5, 5.41) is 21.5. The Morgan fingerprint density at radius 2 is 2.10 bits per heavy atom. The van der Waals surface area contributed by atoms with E-state index in [0.29, 0.717) is 25.8 Å². The number of nitrogens with zero attached hydrogens (tertiary/aromatic N) is 2. The number of amides is 1. The van der Waals surface area contributed by atoms with Crippen LogP contribution >= 0.6 is 23.2 Å². The monoisotopic (exact) mass is 315 g/mol. The summed E-state index contributed by atoms with van der Waals surface area (Å²) >= 11 is 11.4. The Kier molecular flexibility index (Phi) is 6.22. The van der Waals surface area contributed by atoms with Crippen molar-refractivity contribution in [1.82, 2.24) is 5.32 Å². The highest BCUT2D eigenvalue weighted by molar-refractivity contribution is 6.43. The van der Waals surface area contributed by atoms with E-state index in [1.807, 2.05) is 6.07 Å². The van der Waals surface area contributed by atoms with Crippen LogP contribution in [-0.2, 0) is 0 Å². The van der Waals surface area contributed by atoms with Gasteiger partial charge in [-0.3, -0.25) is 14.9 Å². The molecule has 0 unspecified atom stereocenters. The number of nitro benzene ring substituents is 1. The van der Waals surface area contributed by atoms with Gasteiger partial charge in [0.05, 0.1) is 16.0 Å². The van der Waals surface area contributed by atoms with E-state index in [1.165, 1.54) is 6.07 Å². The fourth-order valence-corrected chi connectivity index (χ4v) is 1.86. The quantitative estimate of drug-likeness (QED) is 0.494. The van der Waals surface area contributed by atoms with Crippen molar-refractivity contribution >= 4 is 34.8 Å². The van der Waals surface area contributed by atoms with Gasteiger partial charge >= 0.3 is 0 Å². The number of benzene rings is 1. The highest BCUT2D eigenvalue weighted by Gasteiger charge is 2.19. The van der Waals surface area contributed by atoms with Crippen molar-refractivity contribution in [1.29, 1.82) is 5.26 Å². The maximum atomic E-state index is 11.8. The minimum Gasteiger partial charge on any atom is -0.352 e. The zero-order chi connectivity index (χ0) is 15.1. The SMILES string of the molecule is N#CCCCCNC(=O)c1cc(Cl)c(Cl)c([N+](=O)[O-])c1. The van der Waals surface area contributed by atoms with Crippen molar-refractivity contribution in [3.63, 3.8) is 0 Å². The predicted octanol–water partition coefficient (Wildman–Crippen LogP) is 3.33. The van der Waals surface area contributed by atoms with Crippen LogP contribution in [0, 0.1) is 21.4 Å². The molecule has 6 nitrogen and oxygen atoms in total. The van der Waals surface area contributed by atoms with Crippen LogP contribution in [0.25, 0.3) is 0 Å². The number of halogens is 2. The molecule has 0 fully saturated rings. The third kappa shape index (κ3) is 4.37. The summed E-state index contributed by atoms with van der Waals surface area (Å²) in [5.41, 5.74) is -0.333. The Hall–Kier alpha value is -1.84. The van der Waals surface area contributed by atoms with Crippen LogP contribution in [0.3, 0.4) is 0 Å². The van der Waals surface area contributed by atoms with E-state index in [2.05, 4.69) is 5.32 Å². The van der Waals surface area contributed by atoms with Gasteiger partial charge in [0.2, 0.25) is 0 Å². The molecule has 0 spiro atoms. The van der Waals surface area contributed by atoms with Gasteiger partial charge in [-0.1, -0.05) is 23.2 Å². The number of nitriles is 1. The Balaban J connectivity index is 2.74. The minimum atomic E-state index is -0.697. The van der Waals surface area contributed by atoms with E-state index in [-0.39, 0.29) is 15.6 Å². The number of rotatable bonds is 6. The summed E-state index contributed by atoms with van der Waals surface area (Å²) in [6, 6.07) is 4.36. The van der Waals surface area contributed by atoms with Gasteiger partial charge in [0.1, 0.15) is 5.02 Å². The van der Waals surface area contributed by atoms with Gasteiger partial charge in [-0.2, -0.15) is 5.26 Å². The van der Waals surface area contributed by atoms with Gasteiger partial charge in [-0.15, -0.1) is 0 Å². The lowest BCUT2D eigenvalue weighted by molar-refractivity contribution is -0.384. The molecule has 0 bridgehead atoms. The molecule has 1 aromatic rings. The molecule has 0 radical (unpaired) electrons. The maximum Gasteiger partial charge on any atom is 0.290 e. The van der Waals surface area contributed by atoms with E-state index in [0.717, 1.165) is 6.07 Å². The van der Waals surface area contributed by atoms with Crippen LogP contribution in [0.15, 0.2) is 12.1 Å². The molecule has 0 aliphatic carbocycles. The average Bonchev–Trinajstić information content (AvgIpc) is 2.40. The van der Waals surface area contributed by atoms with Crippen molar-refractivity contribution in [2.75, 3.05) is 6.54 Å². The first-order valence-electron chi connectivity index (χ1n) is 5.76. The number of hydrogen-bond donors (Lipinski definition) is 1. The smallest absolute Gasteiger partial charge is 0.290 e. The number of carbonyl (C=O) groups excluding carboxylic acids is 1. The Bertz CT molecular complexity index is 570. The number of nitro groups is 1. The van der Waals surface area contributed by atoms with E-state index in [4.69, 9.17) is 28.5 Å². The molecule has 0 aliphatic rings. The van der Waals surface area contributed by atoms with Gasteiger partial charge < -0.3 is 5.32 Å². The molecule has 1 aromatic carbocycles. The molecule has 0 saturated carbocycles. The summed E-state index contributed by atoms with van der Waals surface area (Å²) in [6.07, 6.45) is 1.76. The number of hydrogen-bond acceptors (Lipinski definition) is 4. The zero-order valence-electron chi connectivity index (χ0n) is 10.4. The normalized spacial score (nSPS) is 9.85. The number of nitrogens with one attached hydrogen (secondary N) is 1. The molecule has 8 heteroatoms. The minimum absolute atomic E-state index is 0.0458. The first-order valence-corrected chi connectivity index (χ1v) is 6.51. The second kappa shape index (κ2) is 7.68. The summed E-state index contributed by atoms with van der Waals surface area (Å²) < 4.78 is 0. The largest absolute Gasteiger partial charge is 0.352 e. The van der Waals surface area contributed by atoms with Crippen molar-refractivity contribution in [3.8, 4) is 6.07 Å². The summed E-state index contributed by atoms with van der Waals surface area (Å²) in [5.74, 6) is -0.469. The lowest BCUT2D eigenvalue weighted by atomic mass is 10.2. The average molecular weight is 316 g/mol. The highest BCUT2D eigenvalue weighted by atomic mass is 35.5. The first kappa shape index (κ1) is 16.2. The predicted molar refractivity (Wildman–Crippen MR) is 74.9 cm³/mol. The van der Waals surface area contributed by atoms with E-state index < -0.39 is 16.5 Å². The summed E-state index contributed by atoms with van der Waals surface area (Å²) in [4.78, 5) is 21.9. The van der Waals surface area contributed by atoms with Crippen LogP contribution in [0.2, 0.25) is 10.0 Å². The van der Waals surface area contributed by atoms with Gasteiger partial charge in [-0.05, 0) is 18.9 Å². The van der Waals surface area contributed by atoms with E-state index in [9.17, 15) is 14.9 Å². The highest BCUT2D eigenvalue weighted by Crippen LogP contribution is 2.32. The van der Waals surface area contributed by atoms with Crippen LogP contribution in [0.4, 0.5) is 5.69 Å². The lowest BCUT2D eigenvalue weighted by Crippen LogP contribution is -2.24. The van der Waals surface area contributed by atoms with Gasteiger partial charge in [0.15, 0.2) is 0 Å². The molecule has 20 heavy (non-hydrogen) atoms. The molecule has 1 amide bonds. The van der Waals surface area contributed by atoms with Gasteiger partial charge in [0.25, 0.3) is 11.6 Å². The van der Waals surface area contributed by atoms with Crippen molar-refractivity contribution in [2.24, 2.45) is 0 Å². The maximum absolute atomic E-state index is 11.8. The van der Waals surface area contributed by atoms with Crippen molar-refractivity contribution < 1.29 is 9.72 Å². The lowest BCUT2D eigenvalue weighted by Gasteiger charge is -2.06. The molecule has 0 atom stereocenters. The second-order valence-electron chi connectivity index (χ2n) is 3.92. The fourth-order valence-electron chi connectivity index (χ4n) is 1.47. The molecule has 106 valence electrons. The summed E-state index contributed by atoms with van der Waals surface area (Å²) in [7, 11) is 0. The third-order valence-electron chi connectivity index (χ3n) is 2.47. The Labute approximate surface area is 125 Å². The molecule has 1 rings (SSSR count). The van der Waals surface area contributed by atoms with Gasteiger partial charge in [-0.25, -0.2) is 0 Å². The molecular formula is C12H11Cl2N3O3. The van der Waals surface area contributed by atoms with Crippen LogP contribution in [-0.4, -0.2) is 17.4 Å². The van der Waals surface area contributed by atoms with Crippen LogP contribution in [0.1, 0.15) is 29.6 Å². The summed E-state index contributed by atoms with van der Waals surface area (Å²) in [6.45, 7) is 0.383. The van der Waals surface area contributed by atoms with Crippen molar-refractivity contribution in [3.05, 3.63) is 37.9 Å². The second-order valence-corrected chi connectivity index (χ2v) is 4.70. The fraction of sp³-hybridized carbons (Fsp3) is 0.333. The molecule has 1 N–H and O–H groups in total. The topological polar surface area (TPSA) is 96.0 Å². The molecule has 0 aliphatic heterocycles. The standard InChI is InChI=1S/C12H11Cl2N3O3/c13-9-6-8(7-10(11(9)14)17(19)20)12(18)16-5-3-1-2-4-15/h6-7H,1-3,5H2,(H,16,18). The van der Waals surface area contributed by atoms with E-state index in [1.54, 1.807) is 0 Å². The number of carbonyl (C=O) groups is 1.